The van der Waals surface area contributed by atoms with Crippen LogP contribution in [0, 0.1) is 11.6 Å². The molecule has 0 unspecified atom stereocenters. The van der Waals surface area contributed by atoms with Gasteiger partial charge in [0.25, 0.3) is 0 Å². The summed E-state index contributed by atoms with van der Waals surface area (Å²) in [5.74, 6) is -2.21. The predicted octanol–water partition coefficient (Wildman–Crippen LogP) is 3.30. The minimum atomic E-state index is -0.977. The zero-order valence-corrected chi connectivity index (χ0v) is 16.7. The summed E-state index contributed by atoms with van der Waals surface area (Å²) in [7, 11) is 0. The molecule has 0 aromatic heterocycles. The molecule has 0 aliphatic carbocycles. The lowest BCUT2D eigenvalue weighted by molar-refractivity contribution is -0.127. The van der Waals surface area contributed by atoms with E-state index in [1.165, 1.54) is 0 Å². The van der Waals surface area contributed by atoms with E-state index in [0.717, 1.165) is 29.3 Å². The first-order valence-corrected chi connectivity index (χ1v) is 9.68. The molecule has 3 N–H and O–H groups in total. The number of benzene rings is 3. The van der Waals surface area contributed by atoms with Crippen molar-refractivity contribution < 1.29 is 23.1 Å². The molecule has 0 saturated heterocycles. The van der Waals surface area contributed by atoms with Crippen molar-refractivity contribution in [3.8, 4) is 5.75 Å². The lowest BCUT2D eigenvalue weighted by atomic mass is 10.0. The summed E-state index contributed by atoms with van der Waals surface area (Å²) in [6, 6.07) is 18.7. The minimum absolute atomic E-state index is 0.154. The normalized spacial score (nSPS) is 11.5. The maximum absolute atomic E-state index is 13.3. The van der Waals surface area contributed by atoms with Gasteiger partial charge in [0.1, 0.15) is 30.0 Å². The SMILES string of the molecule is NC(=O)[C@@H](Cc1cccc(OCc2ccccc2)c1)NC(=O)Cc1cc(F)cc(F)c1. The number of halogens is 2. The van der Waals surface area contributed by atoms with Crippen LogP contribution in [0.4, 0.5) is 8.78 Å². The first-order valence-electron chi connectivity index (χ1n) is 9.68. The molecule has 0 radical (unpaired) electrons. The molecule has 160 valence electrons. The highest BCUT2D eigenvalue weighted by atomic mass is 19.1. The van der Waals surface area contributed by atoms with Gasteiger partial charge in [-0.15, -0.1) is 0 Å². The Bertz CT molecular complexity index is 1040. The molecular formula is C24H22F2N2O3. The Hall–Kier alpha value is -3.74. The van der Waals surface area contributed by atoms with Crippen LogP contribution in [-0.2, 0) is 29.0 Å². The van der Waals surface area contributed by atoms with Crippen molar-refractivity contribution in [1.29, 1.82) is 0 Å². The van der Waals surface area contributed by atoms with E-state index in [1.54, 1.807) is 24.3 Å². The van der Waals surface area contributed by atoms with Crippen molar-refractivity contribution in [1.82, 2.24) is 5.32 Å². The Kier molecular flexibility index (Phi) is 7.32. The fourth-order valence-electron chi connectivity index (χ4n) is 3.11. The molecule has 0 bridgehead atoms. The number of ether oxygens (including phenoxy) is 1. The molecule has 7 heteroatoms. The van der Waals surface area contributed by atoms with Gasteiger partial charge in [-0.1, -0.05) is 42.5 Å². The number of nitrogens with two attached hydrogens (primary N) is 1. The fourth-order valence-corrected chi connectivity index (χ4v) is 3.11. The summed E-state index contributed by atoms with van der Waals surface area (Å²) in [4.78, 5) is 24.1. The van der Waals surface area contributed by atoms with Gasteiger partial charge in [-0.3, -0.25) is 9.59 Å². The van der Waals surface area contributed by atoms with Gasteiger partial charge in [-0.05, 0) is 41.0 Å². The standard InChI is InChI=1S/C24H22F2N2O3/c25-19-9-18(10-20(26)14-19)13-23(29)28-22(24(27)30)12-17-7-4-8-21(11-17)31-15-16-5-2-1-3-6-16/h1-11,14,22H,12-13,15H2,(H2,27,30)(H,28,29)/t22-/m1/s1. The number of carbonyl (C=O) groups excluding carboxylic acids is 2. The third-order valence-electron chi connectivity index (χ3n) is 4.55. The molecule has 0 heterocycles. The molecule has 0 aliphatic rings. The summed E-state index contributed by atoms with van der Waals surface area (Å²) in [5, 5.41) is 2.53. The monoisotopic (exact) mass is 424 g/mol. The third kappa shape index (κ3) is 6.92. The van der Waals surface area contributed by atoms with Gasteiger partial charge in [-0.25, -0.2) is 8.78 Å². The molecule has 0 spiro atoms. The highest BCUT2D eigenvalue weighted by molar-refractivity contribution is 5.87. The Labute approximate surface area is 178 Å². The van der Waals surface area contributed by atoms with Crippen LogP contribution < -0.4 is 15.8 Å². The van der Waals surface area contributed by atoms with Gasteiger partial charge in [0, 0.05) is 12.5 Å². The van der Waals surface area contributed by atoms with E-state index in [4.69, 9.17) is 10.5 Å². The second-order valence-electron chi connectivity index (χ2n) is 7.10. The van der Waals surface area contributed by atoms with Gasteiger partial charge in [0.2, 0.25) is 11.8 Å². The molecule has 0 aliphatic heterocycles. The Balaban J connectivity index is 1.61. The van der Waals surface area contributed by atoms with E-state index in [-0.39, 0.29) is 18.4 Å². The van der Waals surface area contributed by atoms with E-state index in [2.05, 4.69) is 5.32 Å². The maximum Gasteiger partial charge on any atom is 0.240 e. The van der Waals surface area contributed by atoms with Crippen LogP contribution in [0.1, 0.15) is 16.7 Å². The molecule has 3 aromatic rings. The Morgan fingerprint density at radius 3 is 2.23 bits per heavy atom. The predicted molar refractivity (Wildman–Crippen MR) is 112 cm³/mol. The third-order valence-corrected chi connectivity index (χ3v) is 4.55. The number of amides is 2. The molecule has 31 heavy (non-hydrogen) atoms. The fraction of sp³-hybridized carbons (Fsp3) is 0.167. The average molecular weight is 424 g/mol. The van der Waals surface area contributed by atoms with E-state index in [9.17, 15) is 18.4 Å². The lowest BCUT2D eigenvalue weighted by Gasteiger charge is -2.16. The highest BCUT2D eigenvalue weighted by Gasteiger charge is 2.19. The summed E-state index contributed by atoms with van der Waals surface area (Å²) in [5.41, 5.74) is 7.36. The molecule has 1 atom stereocenters. The number of hydrogen-bond donors (Lipinski definition) is 2. The van der Waals surface area contributed by atoms with Crippen LogP contribution in [0.3, 0.4) is 0 Å². The number of carbonyl (C=O) groups is 2. The van der Waals surface area contributed by atoms with Crippen LogP contribution in [0.5, 0.6) is 5.75 Å². The summed E-state index contributed by atoms with van der Waals surface area (Å²) in [6.07, 6.45) is -0.125. The number of hydrogen-bond acceptors (Lipinski definition) is 3. The lowest BCUT2D eigenvalue weighted by Crippen LogP contribution is -2.46. The van der Waals surface area contributed by atoms with Crippen molar-refractivity contribution in [3.63, 3.8) is 0 Å². The quantitative estimate of drug-likeness (QED) is 0.553. The summed E-state index contributed by atoms with van der Waals surface area (Å²) < 4.78 is 32.4. The van der Waals surface area contributed by atoms with E-state index >= 15 is 0 Å². The second kappa shape index (κ2) is 10.3. The van der Waals surface area contributed by atoms with Crippen molar-refractivity contribution in [2.24, 2.45) is 5.73 Å². The molecule has 3 rings (SSSR count). The Morgan fingerprint density at radius 1 is 0.871 bits per heavy atom. The largest absolute Gasteiger partial charge is 0.489 e. The van der Waals surface area contributed by atoms with E-state index in [1.807, 2.05) is 30.3 Å². The first kappa shape index (κ1) is 22.0. The average Bonchev–Trinajstić information content (AvgIpc) is 2.72. The van der Waals surface area contributed by atoms with Crippen molar-refractivity contribution in [3.05, 3.63) is 101 Å². The van der Waals surface area contributed by atoms with Gasteiger partial charge in [0.05, 0.1) is 6.42 Å². The van der Waals surface area contributed by atoms with Gasteiger partial charge < -0.3 is 15.8 Å². The molecule has 0 saturated carbocycles. The van der Waals surface area contributed by atoms with Gasteiger partial charge in [0.15, 0.2) is 0 Å². The number of rotatable bonds is 9. The number of primary amides is 1. The maximum atomic E-state index is 13.3. The van der Waals surface area contributed by atoms with E-state index < -0.39 is 29.5 Å². The first-order chi connectivity index (χ1) is 14.9. The highest BCUT2D eigenvalue weighted by Crippen LogP contribution is 2.17. The van der Waals surface area contributed by atoms with Crippen LogP contribution in [0.25, 0.3) is 0 Å². The molecular weight excluding hydrogens is 402 g/mol. The van der Waals surface area contributed by atoms with Gasteiger partial charge >= 0.3 is 0 Å². The van der Waals surface area contributed by atoms with E-state index in [0.29, 0.717) is 12.4 Å². The Morgan fingerprint density at radius 2 is 1.55 bits per heavy atom. The van der Waals surface area contributed by atoms with Crippen molar-refractivity contribution in [2.75, 3.05) is 0 Å². The molecule has 3 aromatic carbocycles. The zero-order chi connectivity index (χ0) is 22.2. The molecule has 2 amide bonds. The van der Waals surface area contributed by atoms with Gasteiger partial charge in [-0.2, -0.15) is 0 Å². The van der Waals surface area contributed by atoms with Crippen molar-refractivity contribution in [2.45, 2.75) is 25.5 Å². The summed E-state index contributed by atoms with van der Waals surface area (Å²) in [6.45, 7) is 0.393. The van der Waals surface area contributed by atoms with Crippen LogP contribution in [0.2, 0.25) is 0 Å². The second-order valence-corrected chi connectivity index (χ2v) is 7.10. The molecule has 0 fully saturated rings. The minimum Gasteiger partial charge on any atom is -0.489 e. The summed E-state index contributed by atoms with van der Waals surface area (Å²) >= 11 is 0. The number of nitrogens with one attached hydrogen (secondary N) is 1. The topological polar surface area (TPSA) is 81.4 Å². The van der Waals surface area contributed by atoms with Crippen LogP contribution in [-0.4, -0.2) is 17.9 Å². The smallest absolute Gasteiger partial charge is 0.240 e. The van der Waals surface area contributed by atoms with Crippen molar-refractivity contribution >= 4 is 11.8 Å². The van der Waals surface area contributed by atoms with Crippen LogP contribution >= 0.6 is 0 Å². The van der Waals surface area contributed by atoms with Crippen LogP contribution in [0.15, 0.2) is 72.8 Å². The molecule has 5 nitrogen and oxygen atoms in total. The zero-order valence-electron chi connectivity index (χ0n) is 16.7.